The molecule has 0 atom stereocenters. The molecule has 126 valence electrons. The molecule has 1 fully saturated rings. The van der Waals surface area contributed by atoms with E-state index in [0.29, 0.717) is 25.1 Å². The van der Waals surface area contributed by atoms with Gasteiger partial charge in [0.25, 0.3) is 5.56 Å². The minimum absolute atomic E-state index is 0.0479. The van der Waals surface area contributed by atoms with Crippen molar-refractivity contribution in [3.63, 3.8) is 0 Å². The molecule has 2 heterocycles. The summed E-state index contributed by atoms with van der Waals surface area (Å²) >= 11 is 0. The highest BCUT2D eigenvalue weighted by molar-refractivity contribution is 5.82. The zero-order valence-corrected chi connectivity index (χ0v) is 13.5. The van der Waals surface area contributed by atoms with E-state index in [-0.39, 0.29) is 29.7 Å². The molecule has 0 spiro atoms. The first-order valence-corrected chi connectivity index (χ1v) is 8.20. The summed E-state index contributed by atoms with van der Waals surface area (Å²) in [6.07, 6.45) is 2.04. The topological polar surface area (TPSA) is 96.3 Å². The minimum Gasteiger partial charge on any atom is -0.370 e. The van der Waals surface area contributed by atoms with Crippen molar-refractivity contribution in [2.45, 2.75) is 25.7 Å². The number of amides is 2. The van der Waals surface area contributed by atoms with Crippen molar-refractivity contribution in [2.75, 3.05) is 13.1 Å². The Bertz CT molecular complexity index is 820. The zero-order chi connectivity index (χ0) is 17.1. The van der Waals surface area contributed by atoms with Crippen LogP contribution in [0.3, 0.4) is 0 Å². The number of piperidine rings is 1. The van der Waals surface area contributed by atoms with E-state index in [1.165, 1.54) is 0 Å². The largest absolute Gasteiger partial charge is 0.370 e. The highest BCUT2D eigenvalue weighted by atomic mass is 16.2. The van der Waals surface area contributed by atoms with Crippen molar-refractivity contribution < 1.29 is 9.59 Å². The molecule has 2 aromatic rings. The van der Waals surface area contributed by atoms with Crippen LogP contribution in [0.5, 0.6) is 0 Å². The minimum atomic E-state index is -0.289. The van der Waals surface area contributed by atoms with Crippen molar-refractivity contribution in [1.29, 1.82) is 0 Å². The number of hydrogen-bond acceptors (Lipinski definition) is 3. The highest BCUT2D eigenvalue weighted by Crippen LogP contribution is 2.21. The van der Waals surface area contributed by atoms with E-state index in [1.807, 2.05) is 24.3 Å². The van der Waals surface area contributed by atoms with E-state index in [4.69, 9.17) is 5.73 Å². The van der Waals surface area contributed by atoms with E-state index >= 15 is 0 Å². The average Bonchev–Trinajstić information content (AvgIpc) is 2.55. The van der Waals surface area contributed by atoms with Crippen LogP contribution in [-0.4, -0.2) is 34.8 Å². The molecule has 6 heteroatoms. The van der Waals surface area contributed by atoms with Gasteiger partial charge in [-0.1, -0.05) is 18.2 Å². The summed E-state index contributed by atoms with van der Waals surface area (Å²) in [4.78, 5) is 40.2. The molecule has 1 aromatic carbocycles. The number of pyridine rings is 1. The lowest BCUT2D eigenvalue weighted by Gasteiger charge is -2.31. The fraction of sp³-hybridized carbons (Fsp3) is 0.389. The normalized spacial score (nSPS) is 15.6. The number of hydrogen-bond donors (Lipinski definition) is 2. The quantitative estimate of drug-likeness (QED) is 0.882. The molecular weight excluding hydrogens is 306 g/mol. The van der Waals surface area contributed by atoms with Crippen molar-refractivity contribution in [2.24, 2.45) is 11.7 Å². The van der Waals surface area contributed by atoms with Crippen LogP contribution in [0.15, 0.2) is 35.1 Å². The Labute approximate surface area is 139 Å². The summed E-state index contributed by atoms with van der Waals surface area (Å²) in [6.45, 7) is 1.23. The van der Waals surface area contributed by atoms with E-state index in [2.05, 4.69) is 4.98 Å². The van der Waals surface area contributed by atoms with Gasteiger partial charge in [0, 0.05) is 30.6 Å². The Morgan fingerprint density at radius 3 is 2.62 bits per heavy atom. The molecule has 0 radical (unpaired) electrons. The molecule has 1 aromatic heterocycles. The predicted molar refractivity (Wildman–Crippen MR) is 91.4 cm³/mol. The van der Waals surface area contributed by atoms with E-state index in [1.54, 1.807) is 11.0 Å². The van der Waals surface area contributed by atoms with Gasteiger partial charge in [-0.25, -0.2) is 0 Å². The van der Waals surface area contributed by atoms with Gasteiger partial charge < -0.3 is 15.6 Å². The number of nitrogens with two attached hydrogens (primary N) is 1. The van der Waals surface area contributed by atoms with Gasteiger partial charge in [0.05, 0.1) is 6.42 Å². The summed E-state index contributed by atoms with van der Waals surface area (Å²) in [6, 6.07) is 9.29. The Kier molecular flexibility index (Phi) is 4.64. The molecule has 2 amide bonds. The number of benzene rings is 1. The second-order valence-electron chi connectivity index (χ2n) is 6.38. The van der Waals surface area contributed by atoms with Crippen LogP contribution in [0.25, 0.3) is 10.9 Å². The van der Waals surface area contributed by atoms with Crippen LogP contribution in [0.1, 0.15) is 24.8 Å². The van der Waals surface area contributed by atoms with Crippen molar-refractivity contribution in [1.82, 2.24) is 9.88 Å². The molecule has 24 heavy (non-hydrogen) atoms. The molecular formula is C18H21N3O3. The van der Waals surface area contributed by atoms with Crippen LogP contribution in [0, 0.1) is 5.92 Å². The Morgan fingerprint density at radius 1 is 1.21 bits per heavy atom. The lowest BCUT2D eigenvalue weighted by atomic mass is 9.93. The van der Waals surface area contributed by atoms with Crippen molar-refractivity contribution in [3.8, 4) is 0 Å². The maximum Gasteiger partial charge on any atom is 0.252 e. The van der Waals surface area contributed by atoms with Crippen LogP contribution < -0.4 is 11.3 Å². The Balaban J connectivity index is 1.66. The van der Waals surface area contributed by atoms with Gasteiger partial charge in [0.15, 0.2) is 0 Å². The van der Waals surface area contributed by atoms with Gasteiger partial charge in [-0.2, -0.15) is 0 Å². The maximum atomic E-state index is 12.5. The molecule has 3 rings (SSSR count). The van der Waals surface area contributed by atoms with Crippen LogP contribution in [0.4, 0.5) is 0 Å². The third kappa shape index (κ3) is 3.64. The molecule has 1 saturated heterocycles. The third-order valence-corrected chi connectivity index (χ3v) is 4.63. The average molecular weight is 327 g/mol. The van der Waals surface area contributed by atoms with Crippen molar-refractivity contribution >= 4 is 22.7 Å². The number of aromatic nitrogens is 1. The fourth-order valence-corrected chi connectivity index (χ4v) is 3.27. The maximum absolute atomic E-state index is 12.5. The monoisotopic (exact) mass is 327 g/mol. The second-order valence-corrected chi connectivity index (χ2v) is 6.38. The molecule has 3 N–H and O–H groups in total. The molecule has 6 nitrogen and oxygen atoms in total. The molecule has 1 aliphatic heterocycles. The van der Waals surface area contributed by atoms with Gasteiger partial charge in [0.2, 0.25) is 11.8 Å². The number of para-hydroxylation sites is 1. The number of carbonyl (C=O) groups is 2. The van der Waals surface area contributed by atoms with Gasteiger partial charge in [-0.3, -0.25) is 14.4 Å². The zero-order valence-electron chi connectivity index (χ0n) is 13.5. The van der Waals surface area contributed by atoms with Crippen LogP contribution in [-0.2, 0) is 16.0 Å². The van der Waals surface area contributed by atoms with E-state index < -0.39 is 0 Å². The lowest BCUT2D eigenvalue weighted by molar-refractivity contribution is -0.132. The third-order valence-electron chi connectivity index (χ3n) is 4.63. The molecule has 0 saturated carbocycles. The number of nitrogens with zero attached hydrogens (tertiary/aromatic N) is 1. The smallest absolute Gasteiger partial charge is 0.252 e. The number of fused-ring (bicyclic) bond motifs is 1. The van der Waals surface area contributed by atoms with Gasteiger partial charge >= 0.3 is 0 Å². The summed E-state index contributed by atoms with van der Waals surface area (Å²) in [7, 11) is 0. The summed E-state index contributed by atoms with van der Waals surface area (Å²) in [5, 5.41) is 0.917. The number of likely N-dealkylation sites (tertiary alicyclic amines) is 1. The predicted octanol–water partition coefficient (Wildman–Crippen LogP) is 1.18. The number of aromatic amines is 1. The highest BCUT2D eigenvalue weighted by Gasteiger charge is 2.24. The Morgan fingerprint density at radius 2 is 1.92 bits per heavy atom. The van der Waals surface area contributed by atoms with Gasteiger partial charge in [-0.05, 0) is 36.3 Å². The van der Waals surface area contributed by atoms with Crippen molar-refractivity contribution in [3.05, 3.63) is 46.2 Å². The second kappa shape index (κ2) is 6.86. The summed E-state index contributed by atoms with van der Waals surface area (Å²) < 4.78 is 0. The standard InChI is InChI=1S/C18H21N3O3/c19-16(22)9-12-5-7-21(8-6-12)17(23)11-14-10-13-3-1-2-4-15(13)20-18(14)24/h1-4,10,12H,5-9,11H2,(H2,19,22)(H,20,24). The van der Waals surface area contributed by atoms with Gasteiger partial charge in [-0.15, -0.1) is 0 Å². The van der Waals surface area contributed by atoms with E-state index in [9.17, 15) is 14.4 Å². The first-order chi connectivity index (χ1) is 11.5. The molecule has 0 aliphatic carbocycles. The van der Waals surface area contributed by atoms with Crippen LogP contribution >= 0.6 is 0 Å². The van der Waals surface area contributed by atoms with E-state index in [0.717, 1.165) is 23.7 Å². The summed E-state index contributed by atoms with van der Waals surface area (Å²) in [5.74, 6) is -0.0774. The van der Waals surface area contributed by atoms with Crippen LogP contribution in [0.2, 0.25) is 0 Å². The number of H-pyrrole nitrogens is 1. The first-order valence-electron chi connectivity index (χ1n) is 8.20. The molecule has 1 aliphatic rings. The number of nitrogens with one attached hydrogen (secondary N) is 1. The Hall–Kier alpha value is -2.63. The van der Waals surface area contributed by atoms with Gasteiger partial charge in [0.1, 0.15) is 0 Å². The fourth-order valence-electron chi connectivity index (χ4n) is 3.27. The SMILES string of the molecule is NC(=O)CC1CCN(C(=O)Cc2cc3ccccc3[nH]c2=O)CC1. The number of primary amides is 1. The molecule has 0 bridgehead atoms. The number of rotatable bonds is 4. The lowest BCUT2D eigenvalue weighted by Crippen LogP contribution is -2.40. The number of carbonyl (C=O) groups excluding carboxylic acids is 2. The molecule has 0 unspecified atom stereocenters. The first kappa shape index (κ1) is 16.2. The summed E-state index contributed by atoms with van der Waals surface area (Å²) in [5.41, 5.74) is 6.26.